The van der Waals surface area contributed by atoms with Crippen molar-refractivity contribution in [3.63, 3.8) is 0 Å². The van der Waals surface area contributed by atoms with E-state index < -0.39 is 0 Å². The second-order valence-corrected chi connectivity index (χ2v) is 4.76. The molecular weight excluding hydrogens is 250 g/mol. The first-order valence-corrected chi connectivity index (χ1v) is 6.88. The Morgan fingerprint density at radius 3 is 2.60 bits per heavy atom. The molecule has 0 amide bonds. The van der Waals surface area contributed by atoms with Gasteiger partial charge in [-0.3, -0.25) is 0 Å². The van der Waals surface area contributed by atoms with E-state index in [0.717, 1.165) is 12.8 Å². The second-order valence-electron chi connectivity index (χ2n) is 4.76. The van der Waals surface area contributed by atoms with Crippen LogP contribution in [0.2, 0.25) is 0 Å². The lowest BCUT2D eigenvalue weighted by Gasteiger charge is -2.27. The molecule has 0 unspecified atom stereocenters. The van der Waals surface area contributed by atoms with Crippen molar-refractivity contribution in [3.8, 4) is 5.88 Å². The molecule has 0 aliphatic heterocycles. The van der Waals surface area contributed by atoms with Crippen LogP contribution in [0, 0.1) is 0 Å². The van der Waals surface area contributed by atoms with Crippen molar-refractivity contribution in [2.24, 2.45) is 0 Å². The van der Waals surface area contributed by atoms with E-state index in [1.165, 1.54) is 5.56 Å². The molecule has 0 N–H and O–H groups in total. The zero-order valence-electron chi connectivity index (χ0n) is 12.3. The highest BCUT2D eigenvalue weighted by molar-refractivity contribution is 5.33. The third-order valence-corrected chi connectivity index (χ3v) is 3.48. The molecule has 20 heavy (non-hydrogen) atoms. The first kappa shape index (κ1) is 14.3. The SMILES string of the molecule is CC[C@@H](Cc1ccccc1)N(C)c1nccc(OC)n1. The summed E-state index contributed by atoms with van der Waals surface area (Å²) in [6.07, 6.45) is 3.74. The van der Waals surface area contributed by atoms with E-state index in [1.54, 1.807) is 19.4 Å². The molecule has 0 radical (unpaired) electrons. The number of hydrogen-bond acceptors (Lipinski definition) is 4. The molecule has 0 saturated carbocycles. The molecule has 4 nitrogen and oxygen atoms in total. The van der Waals surface area contributed by atoms with E-state index >= 15 is 0 Å². The van der Waals surface area contributed by atoms with Crippen LogP contribution < -0.4 is 9.64 Å². The number of methoxy groups -OCH3 is 1. The summed E-state index contributed by atoms with van der Waals surface area (Å²) in [4.78, 5) is 10.8. The Labute approximate surface area is 120 Å². The topological polar surface area (TPSA) is 38.2 Å². The number of rotatable bonds is 6. The fourth-order valence-corrected chi connectivity index (χ4v) is 2.22. The number of benzene rings is 1. The van der Waals surface area contributed by atoms with Crippen LogP contribution in [-0.2, 0) is 6.42 Å². The summed E-state index contributed by atoms with van der Waals surface area (Å²) >= 11 is 0. The van der Waals surface area contributed by atoms with Gasteiger partial charge >= 0.3 is 0 Å². The molecule has 4 heteroatoms. The Balaban J connectivity index is 2.13. The van der Waals surface area contributed by atoms with Gasteiger partial charge in [-0.05, 0) is 18.4 Å². The monoisotopic (exact) mass is 271 g/mol. The van der Waals surface area contributed by atoms with E-state index in [4.69, 9.17) is 4.74 Å². The van der Waals surface area contributed by atoms with Crippen LogP contribution in [0.4, 0.5) is 5.95 Å². The van der Waals surface area contributed by atoms with Crippen molar-refractivity contribution in [1.29, 1.82) is 0 Å². The highest BCUT2D eigenvalue weighted by Crippen LogP contribution is 2.17. The normalized spacial score (nSPS) is 11.9. The molecule has 0 aliphatic carbocycles. The molecule has 106 valence electrons. The Hall–Kier alpha value is -2.10. The van der Waals surface area contributed by atoms with Gasteiger partial charge in [-0.15, -0.1) is 0 Å². The van der Waals surface area contributed by atoms with E-state index in [1.807, 2.05) is 13.1 Å². The van der Waals surface area contributed by atoms with Crippen LogP contribution in [-0.4, -0.2) is 30.2 Å². The first-order chi connectivity index (χ1) is 9.74. The number of hydrogen-bond donors (Lipinski definition) is 0. The van der Waals surface area contributed by atoms with Gasteiger partial charge in [0.1, 0.15) is 0 Å². The van der Waals surface area contributed by atoms with Gasteiger partial charge in [0.25, 0.3) is 0 Å². The van der Waals surface area contributed by atoms with Crippen LogP contribution in [0.15, 0.2) is 42.6 Å². The van der Waals surface area contributed by atoms with Gasteiger partial charge in [0.05, 0.1) is 7.11 Å². The molecule has 2 aromatic rings. The summed E-state index contributed by atoms with van der Waals surface area (Å²) < 4.78 is 5.16. The number of likely N-dealkylation sites (N-methyl/N-ethyl adjacent to an activating group) is 1. The first-order valence-electron chi connectivity index (χ1n) is 6.88. The minimum absolute atomic E-state index is 0.365. The molecule has 1 aromatic heterocycles. The smallest absolute Gasteiger partial charge is 0.228 e. The van der Waals surface area contributed by atoms with Gasteiger partial charge in [-0.2, -0.15) is 4.98 Å². The van der Waals surface area contributed by atoms with Crippen LogP contribution >= 0.6 is 0 Å². The average Bonchev–Trinajstić information content (AvgIpc) is 2.53. The summed E-state index contributed by atoms with van der Waals surface area (Å²) in [5.41, 5.74) is 1.33. The highest BCUT2D eigenvalue weighted by atomic mass is 16.5. The van der Waals surface area contributed by atoms with Gasteiger partial charge in [-0.1, -0.05) is 37.3 Å². The second kappa shape index (κ2) is 6.89. The molecule has 2 rings (SSSR count). The zero-order chi connectivity index (χ0) is 14.4. The van der Waals surface area contributed by atoms with Crippen LogP contribution in [0.3, 0.4) is 0 Å². The molecule has 0 spiro atoms. The summed E-state index contributed by atoms with van der Waals surface area (Å²) in [6.45, 7) is 2.18. The van der Waals surface area contributed by atoms with Crippen LogP contribution in [0.5, 0.6) is 5.88 Å². The third-order valence-electron chi connectivity index (χ3n) is 3.48. The van der Waals surface area contributed by atoms with Crippen molar-refractivity contribution < 1.29 is 4.74 Å². The predicted molar refractivity (Wildman–Crippen MR) is 81.2 cm³/mol. The predicted octanol–water partition coefficient (Wildman–Crippen LogP) is 2.94. The number of aromatic nitrogens is 2. The Kier molecular flexibility index (Phi) is 4.93. The maximum Gasteiger partial charge on any atom is 0.228 e. The number of ether oxygens (including phenoxy) is 1. The lowest BCUT2D eigenvalue weighted by atomic mass is 10.0. The van der Waals surface area contributed by atoms with Crippen molar-refractivity contribution in [1.82, 2.24) is 9.97 Å². The third kappa shape index (κ3) is 3.47. The van der Waals surface area contributed by atoms with Crippen molar-refractivity contribution in [2.75, 3.05) is 19.1 Å². The largest absolute Gasteiger partial charge is 0.481 e. The van der Waals surface area contributed by atoms with Crippen molar-refractivity contribution >= 4 is 5.95 Å². The molecule has 1 heterocycles. The fourth-order valence-electron chi connectivity index (χ4n) is 2.22. The maximum absolute atomic E-state index is 5.16. The minimum Gasteiger partial charge on any atom is -0.481 e. The lowest BCUT2D eigenvalue weighted by molar-refractivity contribution is 0.396. The van der Waals surface area contributed by atoms with Gasteiger partial charge in [0, 0.05) is 25.4 Å². The van der Waals surface area contributed by atoms with E-state index in [2.05, 4.69) is 46.1 Å². The number of anilines is 1. The summed E-state index contributed by atoms with van der Waals surface area (Å²) in [5, 5.41) is 0. The van der Waals surface area contributed by atoms with E-state index in [9.17, 15) is 0 Å². The van der Waals surface area contributed by atoms with E-state index in [-0.39, 0.29) is 0 Å². The summed E-state index contributed by atoms with van der Waals surface area (Å²) in [7, 11) is 3.65. The van der Waals surface area contributed by atoms with Crippen molar-refractivity contribution in [2.45, 2.75) is 25.8 Å². The molecule has 0 aliphatic rings. The zero-order valence-corrected chi connectivity index (χ0v) is 12.3. The molecule has 0 fully saturated rings. The Morgan fingerprint density at radius 2 is 1.95 bits per heavy atom. The average molecular weight is 271 g/mol. The number of nitrogens with zero attached hydrogens (tertiary/aromatic N) is 3. The lowest BCUT2D eigenvalue weighted by Crippen LogP contribution is -2.34. The molecule has 1 atom stereocenters. The Morgan fingerprint density at radius 1 is 1.20 bits per heavy atom. The fraction of sp³-hybridized carbons (Fsp3) is 0.375. The van der Waals surface area contributed by atoms with Gasteiger partial charge < -0.3 is 9.64 Å². The molecule has 1 aromatic carbocycles. The summed E-state index contributed by atoms with van der Waals surface area (Å²) in [6, 6.07) is 12.6. The summed E-state index contributed by atoms with van der Waals surface area (Å²) in [5.74, 6) is 1.29. The molecule has 0 saturated heterocycles. The Bertz CT molecular complexity index is 530. The van der Waals surface area contributed by atoms with Gasteiger partial charge in [-0.25, -0.2) is 4.98 Å². The molecular formula is C16H21N3O. The van der Waals surface area contributed by atoms with Gasteiger partial charge in [0.15, 0.2) is 0 Å². The van der Waals surface area contributed by atoms with Gasteiger partial charge in [0.2, 0.25) is 11.8 Å². The van der Waals surface area contributed by atoms with E-state index in [0.29, 0.717) is 17.9 Å². The minimum atomic E-state index is 0.365. The van der Waals surface area contributed by atoms with Crippen molar-refractivity contribution in [3.05, 3.63) is 48.2 Å². The highest BCUT2D eigenvalue weighted by Gasteiger charge is 2.16. The maximum atomic E-state index is 5.16. The quantitative estimate of drug-likeness (QED) is 0.809. The molecule has 0 bridgehead atoms. The van der Waals surface area contributed by atoms with Crippen LogP contribution in [0.25, 0.3) is 0 Å². The standard InChI is InChI=1S/C16H21N3O/c1-4-14(12-13-8-6-5-7-9-13)19(2)16-17-11-10-15(18-16)20-3/h5-11,14H,4,12H2,1-3H3/t14-/m0/s1. The van der Waals surface area contributed by atoms with Crippen LogP contribution in [0.1, 0.15) is 18.9 Å².